The molecule has 18 heavy (non-hydrogen) atoms. The van der Waals surface area contributed by atoms with Crippen molar-refractivity contribution in [2.24, 2.45) is 10.8 Å². The van der Waals surface area contributed by atoms with Gasteiger partial charge in [0.05, 0.1) is 13.0 Å². The third-order valence-electron chi connectivity index (χ3n) is 4.70. The van der Waals surface area contributed by atoms with Crippen molar-refractivity contribution in [3.8, 4) is 0 Å². The summed E-state index contributed by atoms with van der Waals surface area (Å²) in [6.45, 7) is 3.08. The zero-order valence-corrected chi connectivity index (χ0v) is 11.0. The van der Waals surface area contributed by atoms with E-state index in [0.29, 0.717) is 5.41 Å². The Bertz CT molecular complexity index is 327. The van der Waals surface area contributed by atoms with E-state index in [4.69, 9.17) is 0 Å². The van der Waals surface area contributed by atoms with Crippen molar-refractivity contribution in [2.75, 3.05) is 19.7 Å². The second-order valence-electron chi connectivity index (χ2n) is 6.11. The largest absolute Gasteiger partial charge is 0.345 e. The van der Waals surface area contributed by atoms with Crippen LogP contribution in [-0.2, 0) is 9.53 Å². The Morgan fingerprint density at radius 1 is 1.33 bits per heavy atom. The van der Waals surface area contributed by atoms with Gasteiger partial charge >= 0.3 is 6.61 Å². The molecule has 2 fully saturated rings. The molecule has 1 heterocycles. The summed E-state index contributed by atoms with van der Waals surface area (Å²) in [6.07, 6.45) is 3.41. The third kappa shape index (κ3) is 2.66. The third-order valence-corrected chi connectivity index (χ3v) is 4.70. The standard InChI is InChI=1S/C13H21F2NO2/c1-12(2)6-7-16(9-13(12)4-5-13)10(17)3-8-18-11(14)15/h11H,3-9H2,1-2H3. The number of rotatable bonds is 4. The van der Waals surface area contributed by atoms with Crippen LogP contribution in [0.2, 0.25) is 0 Å². The molecule has 5 heteroatoms. The zero-order valence-electron chi connectivity index (χ0n) is 11.0. The van der Waals surface area contributed by atoms with Gasteiger partial charge in [0.15, 0.2) is 0 Å². The summed E-state index contributed by atoms with van der Waals surface area (Å²) in [5.74, 6) is -0.0579. The molecule has 3 nitrogen and oxygen atoms in total. The van der Waals surface area contributed by atoms with E-state index in [1.165, 1.54) is 12.8 Å². The first-order valence-electron chi connectivity index (χ1n) is 6.54. The summed E-state index contributed by atoms with van der Waals surface area (Å²) in [4.78, 5) is 13.7. The Morgan fingerprint density at radius 3 is 2.56 bits per heavy atom. The number of hydrogen-bond acceptors (Lipinski definition) is 2. The van der Waals surface area contributed by atoms with Gasteiger partial charge < -0.3 is 9.64 Å². The highest BCUT2D eigenvalue weighted by molar-refractivity contribution is 5.76. The van der Waals surface area contributed by atoms with Crippen molar-refractivity contribution in [2.45, 2.75) is 46.1 Å². The van der Waals surface area contributed by atoms with Gasteiger partial charge in [-0.2, -0.15) is 8.78 Å². The number of piperidine rings is 1. The fourth-order valence-corrected chi connectivity index (χ4v) is 2.93. The fourth-order valence-electron chi connectivity index (χ4n) is 2.93. The molecule has 0 N–H and O–H groups in total. The summed E-state index contributed by atoms with van der Waals surface area (Å²) in [5.41, 5.74) is 0.577. The molecule has 0 aromatic carbocycles. The normalized spacial score (nSPS) is 24.6. The molecular weight excluding hydrogens is 240 g/mol. The molecule has 2 aliphatic rings. The predicted molar refractivity (Wildman–Crippen MR) is 63.2 cm³/mol. The second kappa shape index (κ2) is 4.76. The van der Waals surface area contributed by atoms with Crippen molar-refractivity contribution >= 4 is 5.91 Å². The van der Waals surface area contributed by atoms with Crippen LogP contribution in [0.25, 0.3) is 0 Å². The summed E-state index contributed by atoms with van der Waals surface area (Å²) < 4.78 is 27.8. The van der Waals surface area contributed by atoms with E-state index in [1.54, 1.807) is 0 Å². The van der Waals surface area contributed by atoms with E-state index in [1.807, 2.05) is 4.90 Å². The monoisotopic (exact) mass is 261 g/mol. The molecule has 0 aromatic rings. The van der Waals surface area contributed by atoms with Crippen LogP contribution in [0.3, 0.4) is 0 Å². The molecule has 1 saturated carbocycles. The van der Waals surface area contributed by atoms with Gasteiger partial charge in [-0.05, 0) is 30.1 Å². The molecule has 1 amide bonds. The Morgan fingerprint density at radius 2 is 2.00 bits per heavy atom. The van der Waals surface area contributed by atoms with Crippen molar-refractivity contribution < 1.29 is 18.3 Å². The first-order valence-corrected chi connectivity index (χ1v) is 6.54. The van der Waals surface area contributed by atoms with Crippen LogP contribution < -0.4 is 0 Å². The lowest BCUT2D eigenvalue weighted by Gasteiger charge is -2.45. The van der Waals surface area contributed by atoms with Gasteiger partial charge in [0, 0.05) is 13.1 Å². The van der Waals surface area contributed by atoms with Crippen LogP contribution in [0.4, 0.5) is 8.78 Å². The number of alkyl halides is 2. The van der Waals surface area contributed by atoms with Crippen molar-refractivity contribution in [1.29, 1.82) is 0 Å². The minimum Gasteiger partial charge on any atom is -0.342 e. The molecule has 1 aliphatic heterocycles. The smallest absolute Gasteiger partial charge is 0.342 e. The Labute approximate surface area is 106 Å². The minimum atomic E-state index is -2.78. The topological polar surface area (TPSA) is 29.5 Å². The van der Waals surface area contributed by atoms with E-state index in [2.05, 4.69) is 18.6 Å². The summed E-state index contributed by atoms with van der Waals surface area (Å²) in [7, 11) is 0. The summed E-state index contributed by atoms with van der Waals surface area (Å²) in [5, 5.41) is 0. The SMILES string of the molecule is CC1(C)CCN(C(=O)CCOC(F)F)CC12CC2. The van der Waals surface area contributed by atoms with Crippen LogP contribution in [0.5, 0.6) is 0 Å². The van der Waals surface area contributed by atoms with E-state index in [0.717, 1.165) is 19.5 Å². The van der Waals surface area contributed by atoms with E-state index in [9.17, 15) is 13.6 Å². The molecular formula is C13H21F2NO2. The highest BCUT2D eigenvalue weighted by Gasteiger charge is 2.57. The fraction of sp³-hybridized carbons (Fsp3) is 0.923. The molecule has 0 aromatic heterocycles. The van der Waals surface area contributed by atoms with Gasteiger partial charge in [-0.15, -0.1) is 0 Å². The molecule has 1 saturated heterocycles. The van der Waals surface area contributed by atoms with Crippen molar-refractivity contribution in [3.05, 3.63) is 0 Å². The molecule has 0 unspecified atom stereocenters. The Hall–Kier alpha value is -0.710. The molecule has 1 aliphatic carbocycles. The van der Waals surface area contributed by atoms with Gasteiger partial charge in [0.2, 0.25) is 5.91 Å². The molecule has 0 atom stereocenters. The minimum absolute atomic E-state index is 0.0564. The summed E-state index contributed by atoms with van der Waals surface area (Å²) in [6, 6.07) is 0. The average Bonchev–Trinajstić information content (AvgIpc) is 3.03. The molecule has 0 bridgehead atoms. The number of ether oxygens (including phenoxy) is 1. The number of likely N-dealkylation sites (tertiary alicyclic amines) is 1. The molecule has 0 radical (unpaired) electrons. The van der Waals surface area contributed by atoms with Crippen LogP contribution in [0.1, 0.15) is 39.5 Å². The highest BCUT2D eigenvalue weighted by Crippen LogP contribution is 2.62. The lowest BCUT2D eigenvalue weighted by molar-refractivity contribution is -0.147. The van der Waals surface area contributed by atoms with E-state index in [-0.39, 0.29) is 24.3 Å². The van der Waals surface area contributed by atoms with Crippen molar-refractivity contribution in [3.63, 3.8) is 0 Å². The van der Waals surface area contributed by atoms with Gasteiger partial charge in [-0.25, -0.2) is 0 Å². The number of hydrogen-bond donors (Lipinski definition) is 0. The molecule has 2 rings (SSSR count). The predicted octanol–water partition coefficient (Wildman–Crippen LogP) is 2.65. The van der Waals surface area contributed by atoms with Gasteiger partial charge in [0.1, 0.15) is 0 Å². The number of nitrogens with zero attached hydrogens (tertiary/aromatic N) is 1. The quantitative estimate of drug-likeness (QED) is 0.778. The first-order chi connectivity index (χ1) is 8.36. The van der Waals surface area contributed by atoms with E-state index < -0.39 is 6.61 Å². The maximum Gasteiger partial charge on any atom is 0.345 e. The van der Waals surface area contributed by atoms with Gasteiger partial charge in [-0.1, -0.05) is 13.8 Å². The Balaban J connectivity index is 1.82. The Kier molecular flexibility index (Phi) is 3.63. The van der Waals surface area contributed by atoms with Gasteiger partial charge in [0.25, 0.3) is 0 Å². The molecule has 104 valence electrons. The average molecular weight is 261 g/mol. The lowest BCUT2D eigenvalue weighted by atomic mass is 9.70. The van der Waals surface area contributed by atoms with Crippen LogP contribution in [-0.4, -0.2) is 37.1 Å². The van der Waals surface area contributed by atoms with Gasteiger partial charge in [-0.3, -0.25) is 4.79 Å². The maximum atomic E-state index is 11.9. The first kappa shape index (κ1) is 13.7. The highest BCUT2D eigenvalue weighted by atomic mass is 19.3. The van der Waals surface area contributed by atoms with Crippen LogP contribution in [0, 0.1) is 10.8 Å². The number of carbonyl (C=O) groups excluding carboxylic acids is 1. The maximum absolute atomic E-state index is 11.9. The number of carbonyl (C=O) groups is 1. The molecule has 1 spiro atoms. The van der Waals surface area contributed by atoms with Crippen molar-refractivity contribution in [1.82, 2.24) is 4.90 Å². The zero-order chi connectivity index (χ0) is 13.4. The van der Waals surface area contributed by atoms with Crippen LogP contribution >= 0.6 is 0 Å². The number of halogens is 2. The summed E-state index contributed by atoms with van der Waals surface area (Å²) >= 11 is 0. The second-order valence-corrected chi connectivity index (χ2v) is 6.11. The van der Waals surface area contributed by atoms with E-state index >= 15 is 0 Å². The number of amides is 1. The van der Waals surface area contributed by atoms with Crippen LogP contribution in [0.15, 0.2) is 0 Å². The lowest BCUT2D eigenvalue weighted by Crippen LogP contribution is -2.48.